The Morgan fingerprint density at radius 3 is 2.00 bits per heavy atom. The first-order chi connectivity index (χ1) is 11.3. The average molecular weight is 300 g/mol. The first kappa shape index (κ1) is 13.4. The van der Waals surface area contributed by atoms with Crippen LogP contribution in [-0.4, -0.2) is 16.7 Å². The van der Waals surface area contributed by atoms with Gasteiger partial charge < -0.3 is 4.84 Å². The fraction of sp³-hybridized carbons (Fsp3) is 0. The second-order valence-corrected chi connectivity index (χ2v) is 5.15. The van der Waals surface area contributed by atoms with Gasteiger partial charge in [0.05, 0.1) is 5.56 Å². The number of carbonyl (C=O) groups is 1. The number of benzene rings is 2. The van der Waals surface area contributed by atoms with Crippen molar-refractivity contribution in [2.24, 2.45) is 5.16 Å². The highest BCUT2D eigenvalue weighted by atomic mass is 16.7. The van der Waals surface area contributed by atoms with E-state index in [2.05, 4.69) is 10.1 Å². The monoisotopic (exact) mass is 300 g/mol. The molecule has 4 rings (SSSR count). The van der Waals surface area contributed by atoms with E-state index in [0.29, 0.717) is 11.3 Å². The van der Waals surface area contributed by atoms with Crippen LogP contribution in [0.5, 0.6) is 0 Å². The van der Waals surface area contributed by atoms with E-state index in [9.17, 15) is 4.79 Å². The highest BCUT2D eigenvalue weighted by Crippen LogP contribution is 2.36. The minimum Gasteiger partial charge on any atom is -0.312 e. The number of oxime groups is 1. The lowest BCUT2D eigenvalue weighted by Crippen LogP contribution is -2.05. The number of pyridine rings is 1. The van der Waals surface area contributed by atoms with Gasteiger partial charge in [0, 0.05) is 23.5 Å². The number of nitrogens with zero attached hydrogens (tertiary/aromatic N) is 2. The molecule has 0 N–H and O–H groups in total. The van der Waals surface area contributed by atoms with Crippen LogP contribution in [0.3, 0.4) is 0 Å². The Balaban J connectivity index is 1.73. The Bertz CT molecular complexity index is 870. The lowest BCUT2D eigenvalue weighted by Gasteiger charge is -2.01. The van der Waals surface area contributed by atoms with Gasteiger partial charge >= 0.3 is 5.97 Å². The summed E-state index contributed by atoms with van der Waals surface area (Å²) in [6, 6.07) is 19.2. The summed E-state index contributed by atoms with van der Waals surface area (Å²) in [5, 5.41) is 4.12. The van der Waals surface area contributed by atoms with Gasteiger partial charge in [-0.05, 0) is 23.3 Å². The van der Waals surface area contributed by atoms with Crippen molar-refractivity contribution in [3.05, 3.63) is 89.7 Å². The fourth-order valence-electron chi connectivity index (χ4n) is 2.72. The van der Waals surface area contributed by atoms with Crippen LogP contribution in [0.1, 0.15) is 21.5 Å². The van der Waals surface area contributed by atoms with Crippen LogP contribution in [0.25, 0.3) is 11.1 Å². The SMILES string of the molecule is O=C(ON=C1c2ccccc2-c2ccccc21)c1cccnc1. The largest absolute Gasteiger partial charge is 0.367 e. The molecule has 3 aromatic rings. The molecule has 0 saturated heterocycles. The first-order valence-corrected chi connectivity index (χ1v) is 7.23. The number of hydrogen-bond acceptors (Lipinski definition) is 4. The predicted octanol–water partition coefficient (Wildman–Crippen LogP) is 3.67. The van der Waals surface area contributed by atoms with Crippen LogP contribution in [0.15, 0.2) is 78.2 Å². The summed E-state index contributed by atoms with van der Waals surface area (Å²) >= 11 is 0. The highest BCUT2D eigenvalue weighted by Gasteiger charge is 2.25. The molecule has 0 fully saturated rings. The summed E-state index contributed by atoms with van der Waals surface area (Å²) in [5.74, 6) is -0.521. The van der Waals surface area contributed by atoms with Gasteiger partial charge in [-0.3, -0.25) is 4.98 Å². The quantitative estimate of drug-likeness (QED) is 0.419. The molecule has 23 heavy (non-hydrogen) atoms. The van der Waals surface area contributed by atoms with Crippen molar-refractivity contribution in [3.8, 4) is 11.1 Å². The van der Waals surface area contributed by atoms with Gasteiger partial charge in [-0.2, -0.15) is 0 Å². The summed E-state index contributed by atoms with van der Waals surface area (Å²) in [6.45, 7) is 0. The highest BCUT2D eigenvalue weighted by molar-refractivity contribution is 6.24. The van der Waals surface area contributed by atoms with E-state index in [1.165, 1.54) is 6.20 Å². The standard InChI is InChI=1S/C19H12N2O2/c22-19(13-6-5-11-20-12-13)23-21-18-16-9-3-1-7-14(16)15-8-2-4-10-17(15)18/h1-12H. The molecule has 0 radical (unpaired) electrons. The number of rotatable bonds is 2. The van der Waals surface area contributed by atoms with Gasteiger partial charge in [0.15, 0.2) is 0 Å². The number of fused-ring (bicyclic) bond motifs is 3. The van der Waals surface area contributed by atoms with Crippen LogP contribution >= 0.6 is 0 Å². The molecule has 1 aliphatic carbocycles. The lowest BCUT2D eigenvalue weighted by atomic mass is 10.1. The second kappa shape index (κ2) is 5.50. The third-order valence-corrected chi connectivity index (χ3v) is 3.77. The molecule has 0 aliphatic heterocycles. The zero-order valence-electron chi connectivity index (χ0n) is 12.1. The summed E-state index contributed by atoms with van der Waals surface area (Å²) in [7, 11) is 0. The molecule has 0 spiro atoms. The third-order valence-electron chi connectivity index (χ3n) is 3.77. The summed E-state index contributed by atoms with van der Waals surface area (Å²) in [6.07, 6.45) is 3.06. The van der Waals surface area contributed by atoms with Crippen molar-refractivity contribution >= 4 is 11.7 Å². The maximum absolute atomic E-state index is 12.1. The van der Waals surface area contributed by atoms with E-state index in [4.69, 9.17) is 4.84 Å². The molecule has 0 saturated carbocycles. The van der Waals surface area contributed by atoms with Crippen molar-refractivity contribution in [1.29, 1.82) is 0 Å². The van der Waals surface area contributed by atoms with Crippen molar-refractivity contribution in [3.63, 3.8) is 0 Å². The maximum atomic E-state index is 12.1. The topological polar surface area (TPSA) is 51.5 Å². The van der Waals surface area contributed by atoms with Gasteiger partial charge in [-0.15, -0.1) is 0 Å². The van der Waals surface area contributed by atoms with E-state index in [0.717, 1.165) is 22.3 Å². The summed E-state index contributed by atoms with van der Waals surface area (Å²) in [5.41, 5.74) is 5.17. The van der Waals surface area contributed by atoms with Gasteiger partial charge in [0.2, 0.25) is 0 Å². The Kier molecular flexibility index (Phi) is 3.20. The molecule has 0 unspecified atom stereocenters. The molecule has 0 amide bonds. The molecule has 1 aliphatic rings. The van der Waals surface area contributed by atoms with Crippen LogP contribution in [0, 0.1) is 0 Å². The Morgan fingerprint density at radius 1 is 0.826 bits per heavy atom. The predicted molar refractivity (Wildman–Crippen MR) is 87.2 cm³/mol. The van der Waals surface area contributed by atoms with Crippen LogP contribution in [0.4, 0.5) is 0 Å². The minimum absolute atomic E-state index is 0.372. The van der Waals surface area contributed by atoms with Gasteiger partial charge in [-0.25, -0.2) is 4.79 Å². The molecular weight excluding hydrogens is 288 g/mol. The van der Waals surface area contributed by atoms with Gasteiger partial charge in [0.25, 0.3) is 0 Å². The molecule has 4 nitrogen and oxygen atoms in total. The van der Waals surface area contributed by atoms with E-state index in [1.54, 1.807) is 18.3 Å². The number of aromatic nitrogens is 1. The fourth-order valence-corrected chi connectivity index (χ4v) is 2.72. The van der Waals surface area contributed by atoms with Crippen LogP contribution < -0.4 is 0 Å². The smallest absolute Gasteiger partial charge is 0.312 e. The van der Waals surface area contributed by atoms with E-state index in [-0.39, 0.29) is 0 Å². The van der Waals surface area contributed by atoms with Gasteiger partial charge in [0.1, 0.15) is 5.71 Å². The molecule has 110 valence electrons. The van der Waals surface area contributed by atoms with Crippen molar-refractivity contribution in [1.82, 2.24) is 4.98 Å². The maximum Gasteiger partial charge on any atom is 0.367 e. The third kappa shape index (κ3) is 2.30. The molecular formula is C19H12N2O2. The van der Waals surface area contributed by atoms with Crippen molar-refractivity contribution < 1.29 is 9.63 Å². The van der Waals surface area contributed by atoms with Crippen molar-refractivity contribution in [2.75, 3.05) is 0 Å². The van der Waals surface area contributed by atoms with E-state index in [1.807, 2.05) is 48.5 Å². The van der Waals surface area contributed by atoms with Crippen LogP contribution in [-0.2, 0) is 4.84 Å². The normalized spacial score (nSPS) is 11.6. The molecule has 1 aromatic heterocycles. The first-order valence-electron chi connectivity index (χ1n) is 7.23. The lowest BCUT2D eigenvalue weighted by molar-refractivity contribution is 0.0516. The van der Waals surface area contributed by atoms with E-state index >= 15 is 0 Å². The van der Waals surface area contributed by atoms with Gasteiger partial charge in [-0.1, -0.05) is 53.7 Å². The second-order valence-electron chi connectivity index (χ2n) is 5.15. The Morgan fingerprint density at radius 2 is 1.43 bits per heavy atom. The molecule has 0 atom stereocenters. The van der Waals surface area contributed by atoms with Crippen LogP contribution in [0.2, 0.25) is 0 Å². The molecule has 2 aromatic carbocycles. The molecule has 4 heteroatoms. The molecule has 1 heterocycles. The average Bonchev–Trinajstić information content (AvgIpc) is 2.94. The number of carbonyl (C=O) groups excluding carboxylic acids is 1. The minimum atomic E-state index is -0.521. The zero-order chi connectivity index (χ0) is 15.6. The van der Waals surface area contributed by atoms with E-state index < -0.39 is 5.97 Å². The summed E-state index contributed by atoms with van der Waals surface area (Å²) in [4.78, 5) is 21.1. The number of hydrogen-bond donors (Lipinski definition) is 0. The Hall–Kier alpha value is -3.27. The zero-order valence-corrected chi connectivity index (χ0v) is 12.1. The summed E-state index contributed by atoms with van der Waals surface area (Å²) < 4.78 is 0. The molecule has 0 bridgehead atoms. The Labute approximate surface area is 133 Å². The van der Waals surface area contributed by atoms with Crippen molar-refractivity contribution in [2.45, 2.75) is 0 Å².